The van der Waals surface area contributed by atoms with Gasteiger partial charge in [0.2, 0.25) is 0 Å². The van der Waals surface area contributed by atoms with Gasteiger partial charge >= 0.3 is 0 Å². The monoisotopic (exact) mass is 315 g/mol. The van der Waals surface area contributed by atoms with Gasteiger partial charge < -0.3 is 15.2 Å². The lowest BCUT2D eigenvalue weighted by Crippen LogP contribution is -2.15. The van der Waals surface area contributed by atoms with Crippen LogP contribution in [-0.4, -0.2) is 24.4 Å². The standard InChI is InChI=1S/C14H22BrNO2/c1-11(2)18-14-6-5-12(9-13(14)15)10-16-7-3-4-8-17/h5-6,9,11,16-17H,3-4,7-8,10H2,1-2H3. The van der Waals surface area contributed by atoms with Crippen molar-refractivity contribution < 1.29 is 9.84 Å². The number of hydrogen-bond donors (Lipinski definition) is 2. The van der Waals surface area contributed by atoms with Crippen molar-refractivity contribution in [1.82, 2.24) is 5.32 Å². The minimum atomic E-state index is 0.184. The van der Waals surface area contributed by atoms with Crippen LogP contribution < -0.4 is 10.1 Å². The van der Waals surface area contributed by atoms with E-state index in [0.29, 0.717) is 0 Å². The first-order chi connectivity index (χ1) is 8.63. The van der Waals surface area contributed by atoms with Crippen LogP contribution in [0.4, 0.5) is 0 Å². The van der Waals surface area contributed by atoms with E-state index in [-0.39, 0.29) is 12.7 Å². The third kappa shape index (κ3) is 5.85. The average Bonchev–Trinajstić information content (AvgIpc) is 2.32. The number of halogens is 1. The van der Waals surface area contributed by atoms with Gasteiger partial charge in [-0.1, -0.05) is 6.07 Å². The van der Waals surface area contributed by atoms with Crippen molar-refractivity contribution in [2.45, 2.75) is 39.3 Å². The van der Waals surface area contributed by atoms with E-state index in [2.05, 4.69) is 33.4 Å². The van der Waals surface area contributed by atoms with Crippen molar-refractivity contribution in [3.8, 4) is 5.75 Å². The van der Waals surface area contributed by atoms with E-state index in [4.69, 9.17) is 9.84 Å². The molecule has 1 aromatic carbocycles. The lowest BCUT2D eigenvalue weighted by molar-refractivity contribution is 0.241. The van der Waals surface area contributed by atoms with Gasteiger partial charge in [-0.25, -0.2) is 0 Å². The number of unbranched alkanes of at least 4 members (excludes halogenated alkanes) is 1. The second kappa shape index (κ2) is 8.51. The van der Waals surface area contributed by atoms with Crippen LogP contribution in [0.1, 0.15) is 32.3 Å². The van der Waals surface area contributed by atoms with Gasteiger partial charge in [-0.05, 0) is 66.9 Å². The fourth-order valence-electron chi connectivity index (χ4n) is 1.60. The Labute approximate surface area is 118 Å². The van der Waals surface area contributed by atoms with Crippen LogP contribution in [0.5, 0.6) is 5.75 Å². The summed E-state index contributed by atoms with van der Waals surface area (Å²) < 4.78 is 6.65. The average molecular weight is 316 g/mol. The SMILES string of the molecule is CC(C)Oc1ccc(CNCCCCO)cc1Br. The number of rotatable bonds is 8. The molecule has 0 atom stereocenters. The Morgan fingerprint density at radius 1 is 1.33 bits per heavy atom. The van der Waals surface area contributed by atoms with Crippen LogP contribution in [0.3, 0.4) is 0 Å². The van der Waals surface area contributed by atoms with Crippen LogP contribution in [0.2, 0.25) is 0 Å². The van der Waals surface area contributed by atoms with E-state index >= 15 is 0 Å². The van der Waals surface area contributed by atoms with Crippen LogP contribution in [0, 0.1) is 0 Å². The van der Waals surface area contributed by atoms with E-state index in [1.54, 1.807) is 0 Å². The molecule has 0 saturated heterocycles. The second-order valence-corrected chi connectivity index (χ2v) is 5.39. The Kier molecular flexibility index (Phi) is 7.32. The highest BCUT2D eigenvalue weighted by Crippen LogP contribution is 2.26. The Bertz CT molecular complexity index is 356. The first kappa shape index (κ1) is 15.5. The quantitative estimate of drug-likeness (QED) is 0.724. The molecule has 3 nitrogen and oxygen atoms in total. The maximum Gasteiger partial charge on any atom is 0.133 e. The summed E-state index contributed by atoms with van der Waals surface area (Å²) in [7, 11) is 0. The van der Waals surface area contributed by atoms with Crippen LogP contribution in [-0.2, 0) is 6.54 Å². The van der Waals surface area contributed by atoms with Crippen LogP contribution >= 0.6 is 15.9 Å². The van der Waals surface area contributed by atoms with Crippen molar-refractivity contribution in [3.05, 3.63) is 28.2 Å². The van der Waals surface area contributed by atoms with E-state index < -0.39 is 0 Å². The molecule has 0 aromatic heterocycles. The minimum absolute atomic E-state index is 0.184. The summed E-state index contributed by atoms with van der Waals surface area (Å²) >= 11 is 3.52. The first-order valence-corrected chi connectivity index (χ1v) is 7.19. The van der Waals surface area contributed by atoms with Crippen molar-refractivity contribution >= 4 is 15.9 Å². The smallest absolute Gasteiger partial charge is 0.133 e. The van der Waals surface area contributed by atoms with E-state index in [0.717, 1.165) is 36.2 Å². The highest BCUT2D eigenvalue weighted by Gasteiger charge is 2.04. The molecular weight excluding hydrogens is 294 g/mol. The molecule has 1 rings (SSSR count). The summed E-state index contributed by atoms with van der Waals surface area (Å²) in [5, 5.41) is 12.0. The molecule has 102 valence electrons. The number of hydrogen-bond acceptors (Lipinski definition) is 3. The Morgan fingerprint density at radius 3 is 2.72 bits per heavy atom. The highest BCUT2D eigenvalue weighted by atomic mass is 79.9. The zero-order valence-corrected chi connectivity index (χ0v) is 12.7. The Balaban J connectivity index is 2.41. The van der Waals surface area contributed by atoms with Crippen molar-refractivity contribution in [2.24, 2.45) is 0 Å². The normalized spacial score (nSPS) is 10.9. The number of aliphatic hydroxyl groups is 1. The second-order valence-electron chi connectivity index (χ2n) is 4.54. The van der Waals surface area contributed by atoms with E-state index in [9.17, 15) is 0 Å². The largest absolute Gasteiger partial charge is 0.490 e. The predicted molar refractivity (Wildman–Crippen MR) is 77.9 cm³/mol. The molecule has 0 aliphatic heterocycles. The third-order valence-corrected chi connectivity index (χ3v) is 3.07. The lowest BCUT2D eigenvalue weighted by atomic mass is 10.2. The molecule has 0 bridgehead atoms. The number of aliphatic hydroxyl groups excluding tert-OH is 1. The molecule has 2 N–H and O–H groups in total. The summed E-state index contributed by atoms with van der Waals surface area (Å²) in [5.41, 5.74) is 1.22. The summed E-state index contributed by atoms with van der Waals surface area (Å²) in [5.74, 6) is 0.883. The van der Waals surface area contributed by atoms with Gasteiger partial charge in [-0.2, -0.15) is 0 Å². The van der Waals surface area contributed by atoms with Gasteiger partial charge in [-0.3, -0.25) is 0 Å². The number of ether oxygens (including phenoxy) is 1. The topological polar surface area (TPSA) is 41.5 Å². The fraction of sp³-hybridized carbons (Fsp3) is 0.571. The molecule has 1 aromatic rings. The van der Waals surface area contributed by atoms with Gasteiger partial charge in [0.15, 0.2) is 0 Å². The highest BCUT2D eigenvalue weighted by molar-refractivity contribution is 9.10. The molecule has 0 heterocycles. The maximum absolute atomic E-state index is 8.67. The lowest BCUT2D eigenvalue weighted by Gasteiger charge is -2.12. The Hall–Kier alpha value is -0.580. The van der Waals surface area contributed by atoms with Crippen molar-refractivity contribution in [3.63, 3.8) is 0 Å². The summed E-state index contributed by atoms with van der Waals surface area (Å²) in [6, 6.07) is 6.15. The van der Waals surface area contributed by atoms with Gasteiger partial charge in [-0.15, -0.1) is 0 Å². The summed E-state index contributed by atoms with van der Waals surface area (Å²) in [4.78, 5) is 0. The third-order valence-electron chi connectivity index (χ3n) is 2.45. The van der Waals surface area contributed by atoms with Gasteiger partial charge in [0, 0.05) is 13.2 Å². The van der Waals surface area contributed by atoms with Crippen LogP contribution in [0.25, 0.3) is 0 Å². The van der Waals surface area contributed by atoms with E-state index in [1.165, 1.54) is 5.56 Å². The molecular formula is C14H22BrNO2. The molecule has 0 saturated carbocycles. The molecule has 18 heavy (non-hydrogen) atoms. The molecule has 0 fully saturated rings. The van der Waals surface area contributed by atoms with Gasteiger partial charge in [0.05, 0.1) is 10.6 Å². The molecule has 0 amide bonds. The first-order valence-electron chi connectivity index (χ1n) is 6.40. The zero-order chi connectivity index (χ0) is 13.4. The van der Waals surface area contributed by atoms with E-state index in [1.807, 2.05) is 19.9 Å². The predicted octanol–water partition coefficient (Wildman–Crippen LogP) is 3.10. The zero-order valence-electron chi connectivity index (χ0n) is 11.1. The van der Waals surface area contributed by atoms with Crippen molar-refractivity contribution in [1.29, 1.82) is 0 Å². The van der Waals surface area contributed by atoms with Gasteiger partial charge in [0.1, 0.15) is 5.75 Å². The summed E-state index contributed by atoms with van der Waals surface area (Å²) in [6.07, 6.45) is 2.05. The summed E-state index contributed by atoms with van der Waals surface area (Å²) in [6.45, 7) is 6.08. The Morgan fingerprint density at radius 2 is 2.11 bits per heavy atom. The minimum Gasteiger partial charge on any atom is -0.490 e. The maximum atomic E-state index is 8.67. The molecule has 0 aliphatic carbocycles. The van der Waals surface area contributed by atoms with Crippen molar-refractivity contribution in [2.75, 3.05) is 13.2 Å². The fourth-order valence-corrected chi connectivity index (χ4v) is 2.12. The number of nitrogens with one attached hydrogen (secondary N) is 1. The van der Waals surface area contributed by atoms with Crippen LogP contribution in [0.15, 0.2) is 22.7 Å². The number of benzene rings is 1. The van der Waals surface area contributed by atoms with Gasteiger partial charge in [0.25, 0.3) is 0 Å². The molecule has 0 aliphatic rings. The molecule has 4 heteroatoms. The molecule has 0 spiro atoms. The molecule has 0 unspecified atom stereocenters. The molecule has 0 radical (unpaired) electrons.